The van der Waals surface area contributed by atoms with E-state index in [-0.39, 0.29) is 12.0 Å². The number of nitrogens with zero attached hydrogens (tertiary/aromatic N) is 1. The average molecular weight is 404 g/mol. The molecule has 0 unspecified atom stereocenters. The second kappa shape index (κ2) is 9.80. The third-order valence-corrected chi connectivity index (χ3v) is 5.10. The number of ether oxygens (including phenoxy) is 3. The van der Waals surface area contributed by atoms with Crippen molar-refractivity contribution in [1.82, 2.24) is 4.90 Å². The lowest BCUT2D eigenvalue weighted by Crippen LogP contribution is -2.40. The molecule has 5 nitrogen and oxygen atoms in total. The summed E-state index contributed by atoms with van der Waals surface area (Å²) in [5, 5.41) is 0.380. The van der Waals surface area contributed by atoms with Gasteiger partial charge in [0.15, 0.2) is 11.5 Å². The third kappa shape index (κ3) is 4.97. The first kappa shape index (κ1) is 20.5. The van der Waals surface area contributed by atoms with E-state index in [9.17, 15) is 4.79 Å². The van der Waals surface area contributed by atoms with Crippen molar-refractivity contribution in [2.45, 2.75) is 32.5 Å². The molecular formula is C22H26ClNO4. The fraction of sp³-hybridized carbons (Fsp3) is 0.409. The Hall–Kier alpha value is -2.24. The van der Waals surface area contributed by atoms with Gasteiger partial charge in [0, 0.05) is 18.7 Å². The lowest BCUT2D eigenvalue weighted by Gasteiger charge is -2.32. The summed E-state index contributed by atoms with van der Waals surface area (Å²) in [5.41, 5.74) is 1.67. The SMILES string of the molecule is CCOc1c(Cl)cc(C(=O)N2CCC(OCc3ccccc3)CC2)cc1OC. The van der Waals surface area contributed by atoms with Gasteiger partial charge < -0.3 is 19.1 Å². The van der Waals surface area contributed by atoms with Crippen LogP contribution in [0.15, 0.2) is 42.5 Å². The molecule has 6 heteroatoms. The van der Waals surface area contributed by atoms with E-state index in [1.807, 2.05) is 30.0 Å². The molecule has 0 aliphatic carbocycles. The van der Waals surface area contributed by atoms with Gasteiger partial charge in [0.2, 0.25) is 0 Å². The molecule has 0 saturated carbocycles. The van der Waals surface area contributed by atoms with Gasteiger partial charge >= 0.3 is 0 Å². The number of amides is 1. The molecule has 1 aliphatic heterocycles. The van der Waals surface area contributed by atoms with Gasteiger partial charge in [-0.3, -0.25) is 4.79 Å². The van der Waals surface area contributed by atoms with Crippen LogP contribution in [-0.2, 0) is 11.3 Å². The van der Waals surface area contributed by atoms with E-state index in [0.29, 0.717) is 48.4 Å². The van der Waals surface area contributed by atoms with Crippen molar-refractivity contribution in [1.29, 1.82) is 0 Å². The summed E-state index contributed by atoms with van der Waals surface area (Å²) in [7, 11) is 1.54. The lowest BCUT2D eigenvalue weighted by atomic mass is 10.1. The highest BCUT2D eigenvalue weighted by Gasteiger charge is 2.25. The van der Waals surface area contributed by atoms with Crippen LogP contribution in [0.5, 0.6) is 11.5 Å². The van der Waals surface area contributed by atoms with Crippen molar-refractivity contribution in [3.8, 4) is 11.5 Å². The van der Waals surface area contributed by atoms with Gasteiger partial charge in [0.05, 0.1) is 31.5 Å². The Kier molecular flexibility index (Phi) is 7.18. The van der Waals surface area contributed by atoms with Crippen molar-refractivity contribution < 1.29 is 19.0 Å². The average Bonchev–Trinajstić information content (AvgIpc) is 2.74. The number of benzene rings is 2. The highest BCUT2D eigenvalue weighted by molar-refractivity contribution is 6.32. The Labute approximate surface area is 171 Å². The van der Waals surface area contributed by atoms with Gasteiger partial charge in [0.25, 0.3) is 5.91 Å². The lowest BCUT2D eigenvalue weighted by molar-refractivity contribution is -0.000387. The van der Waals surface area contributed by atoms with E-state index >= 15 is 0 Å². The van der Waals surface area contributed by atoms with Crippen LogP contribution in [0.2, 0.25) is 5.02 Å². The summed E-state index contributed by atoms with van der Waals surface area (Å²) in [6, 6.07) is 13.5. The topological polar surface area (TPSA) is 48.0 Å². The van der Waals surface area contributed by atoms with E-state index in [1.165, 1.54) is 7.11 Å². The minimum absolute atomic E-state index is 0.0512. The van der Waals surface area contributed by atoms with Crippen molar-refractivity contribution in [3.63, 3.8) is 0 Å². The zero-order valence-electron chi connectivity index (χ0n) is 16.3. The van der Waals surface area contributed by atoms with Crippen molar-refractivity contribution in [3.05, 3.63) is 58.6 Å². The number of methoxy groups -OCH3 is 1. The Morgan fingerprint density at radius 2 is 1.89 bits per heavy atom. The number of hydrogen-bond donors (Lipinski definition) is 0. The van der Waals surface area contributed by atoms with Crippen molar-refractivity contribution >= 4 is 17.5 Å². The monoisotopic (exact) mass is 403 g/mol. The van der Waals surface area contributed by atoms with Crippen molar-refractivity contribution in [2.24, 2.45) is 0 Å². The maximum Gasteiger partial charge on any atom is 0.254 e. The molecular weight excluding hydrogens is 378 g/mol. The summed E-state index contributed by atoms with van der Waals surface area (Å²) >= 11 is 6.30. The Balaban J connectivity index is 1.58. The first-order chi connectivity index (χ1) is 13.6. The maximum absolute atomic E-state index is 12.9. The molecule has 2 aromatic carbocycles. The number of rotatable bonds is 7. The van der Waals surface area contributed by atoms with Gasteiger partial charge in [-0.1, -0.05) is 41.9 Å². The summed E-state index contributed by atoms with van der Waals surface area (Å²) in [4.78, 5) is 14.7. The number of halogens is 1. The standard InChI is InChI=1S/C22H26ClNO4/c1-3-27-21-19(23)13-17(14-20(21)26-2)22(25)24-11-9-18(10-12-24)28-15-16-7-5-4-6-8-16/h4-8,13-14,18H,3,9-12,15H2,1-2H3. The molecule has 0 radical (unpaired) electrons. The molecule has 0 atom stereocenters. The van der Waals surface area contributed by atoms with Gasteiger partial charge in [-0.05, 0) is 37.5 Å². The summed E-state index contributed by atoms with van der Waals surface area (Å²) in [6.45, 7) is 4.26. The maximum atomic E-state index is 12.9. The van der Waals surface area contributed by atoms with E-state index < -0.39 is 0 Å². The number of likely N-dealkylation sites (tertiary alicyclic amines) is 1. The predicted octanol–water partition coefficient (Wildman–Crippen LogP) is 4.57. The molecule has 1 fully saturated rings. The first-order valence-electron chi connectivity index (χ1n) is 9.57. The van der Waals surface area contributed by atoms with Crippen LogP contribution in [0.4, 0.5) is 0 Å². The highest BCUT2D eigenvalue weighted by atomic mass is 35.5. The quantitative estimate of drug-likeness (QED) is 0.679. The summed E-state index contributed by atoms with van der Waals surface area (Å²) in [5.74, 6) is 0.889. The molecule has 28 heavy (non-hydrogen) atoms. The van der Waals surface area contributed by atoms with Crippen LogP contribution in [0.1, 0.15) is 35.7 Å². The van der Waals surface area contributed by atoms with Gasteiger partial charge in [0.1, 0.15) is 0 Å². The van der Waals surface area contributed by atoms with E-state index in [1.54, 1.807) is 12.1 Å². The Morgan fingerprint density at radius 1 is 1.18 bits per heavy atom. The molecule has 1 saturated heterocycles. The van der Waals surface area contributed by atoms with E-state index in [2.05, 4.69) is 12.1 Å². The van der Waals surface area contributed by atoms with Crippen LogP contribution in [0.3, 0.4) is 0 Å². The molecule has 0 bridgehead atoms. The Bertz CT molecular complexity index is 789. The highest BCUT2D eigenvalue weighted by Crippen LogP contribution is 2.37. The zero-order chi connectivity index (χ0) is 19.9. The van der Waals surface area contributed by atoms with Crippen LogP contribution in [0.25, 0.3) is 0 Å². The zero-order valence-corrected chi connectivity index (χ0v) is 17.1. The number of carbonyl (C=O) groups excluding carboxylic acids is 1. The fourth-order valence-corrected chi connectivity index (χ4v) is 3.59. The number of carbonyl (C=O) groups is 1. The molecule has 1 amide bonds. The molecule has 1 aliphatic rings. The molecule has 0 spiro atoms. The molecule has 3 rings (SSSR count). The Morgan fingerprint density at radius 3 is 2.54 bits per heavy atom. The molecule has 0 aromatic heterocycles. The van der Waals surface area contributed by atoms with Crippen LogP contribution in [0, 0.1) is 0 Å². The third-order valence-electron chi connectivity index (χ3n) is 4.82. The van der Waals surface area contributed by atoms with Gasteiger partial charge in [-0.2, -0.15) is 0 Å². The van der Waals surface area contributed by atoms with Crippen LogP contribution < -0.4 is 9.47 Å². The van der Waals surface area contributed by atoms with Gasteiger partial charge in [-0.15, -0.1) is 0 Å². The number of piperidine rings is 1. The predicted molar refractivity (Wildman–Crippen MR) is 109 cm³/mol. The van der Waals surface area contributed by atoms with Crippen molar-refractivity contribution in [2.75, 3.05) is 26.8 Å². The summed E-state index contributed by atoms with van der Waals surface area (Å²) in [6.07, 6.45) is 1.81. The molecule has 2 aromatic rings. The smallest absolute Gasteiger partial charge is 0.254 e. The van der Waals surface area contributed by atoms with Crippen LogP contribution >= 0.6 is 11.6 Å². The summed E-state index contributed by atoms with van der Waals surface area (Å²) < 4.78 is 16.9. The fourth-order valence-electron chi connectivity index (χ4n) is 3.32. The first-order valence-corrected chi connectivity index (χ1v) is 9.95. The normalized spacial score (nSPS) is 14.8. The molecule has 150 valence electrons. The minimum atomic E-state index is -0.0512. The largest absolute Gasteiger partial charge is 0.493 e. The van der Waals surface area contributed by atoms with E-state index in [4.69, 9.17) is 25.8 Å². The van der Waals surface area contributed by atoms with Crippen LogP contribution in [-0.4, -0.2) is 43.7 Å². The van der Waals surface area contributed by atoms with Gasteiger partial charge in [-0.25, -0.2) is 0 Å². The minimum Gasteiger partial charge on any atom is -0.493 e. The second-order valence-electron chi connectivity index (χ2n) is 6.71. The second-order valence-corrected chi connectivity index (χ2v) is 7.12. The number of hydrogen-bond acceptors (Lipinski definition) is 4. The molecule has 1 heterocycles. The van der Waals surface area contributed by atoms with E-state index in [0.717, 1.165) is 18.4 Å². The molecule has 0 N–H and O–H groups in total.